The number of nitrogens with zero attached hydrogens (tertiary/aromatic N) is 2. The maximum absolute atomic E-state index is 12.9. The Kier molecular flexibility index (Phi) is 4.29. The van der Waals surface area contributed by atoms with Crippen molar-refractivity contribution in [3.63, 3.8) is 0 Å². The zero-order chi connectivity index (χ0) is 18.5. The van der Waals surface area contributed by atoms with Gasteiger partial charge in [0.05, 0.1) is 25.5 Å². The third kappa shape index (κ3) is 2.82. The van der Waals surface area contributed by atoms with Crippen LogP contribution in [0.15, 0.2) is 24.3 Å². The van der Waals surface area contributed by atoms with Gasteiger partial charge in [-0.2, -0.15) is 17.0 Å². The van der Waals surface area contributed by atoms with E-state index in [1.165, 1.54) is 10.9 Å². The second-order valence-electron chi connectivity index (χ2n) is 7.54. The number of rotatable bonds is 2. The summed E-state index contributed by atoms with van der Waals surface area (Å²) < 4.78 is 40.6. The molecule has 3 aliphatic heterocycles. The van der Waals surface area contributed by atoms with Crippen molar-refractivity contribution in [3.05, 3.63) is 35.5 Å². The number of para-hydroxylation sites is 1. The van der Waals surface area contributed by atoms with E-state index in [0.717, 1.165) is 17.6 Å². The summed E-state index contributed by atoms with van der Waals surface area (Å²) in [4.78, 5) is 3.57. The summed E-state index contributed by atoms with van der Waals surface area (Å²) in [5.74, 6) is 0. The Balaban J connectivity index is 1.41. The molecular weight excluding hydrogens is 366 g/mol. The fraction of sp³-hybridized carbons (Fsp3) is 0.579. The van der Waals surface area contributed by atoms with Gasteiger partial charge in [0.1, 0.15) is 5.60 Å². The Morgan fingerprint density at radius 3 is 2.44 bits per heavy atom. The Morgan fingerprint density at radius 2 is 1.67 bits per heavy atom. The van der Waals surface area contributed by atoms with Crippen molar-refractivity contribution in [2.24, 2.45) is 0 Å². The van der Waals surface area contributed by atoms with Crippen molar-refractivity contribution in [1.82, 2.24) is 13.6 Å². The van der Waals surface area contributed by atoms with E-state index in [-0.39, 0.29) is 0 Å². The largest absolute Gasteiger partial charge is 0.379 e. The molecule has 0 amide bonds. The van der Waals surface area contributed by atoms with Gasteiger partial charge in [-0.15, -0.1) is 0 Å². The predicted molar refractivity (Wildman–Crippen MR) is 102 cm³/mol. The minimum absolute atomic E-state index is 0.399. The first-order valence-corrected chi connectivity index (χ1v) is 11.1. The zero-order valence-electron chi connectivity index (χ0n) is 15.3. The predicted octanol–water partition coefficient (Wildman–Crippen LogP) is 1.61. The Bertz CT molecular complexity index is 941. The smallest absolute Gasteiger partial charge is 0.282 e. The van der Waals surface area contributed by atoms with E-state index in [9.17, 15) is 8.42 Å². The summed E-state index contributed by atoms with van der Waals surface area (Å²) in [5, 5.41) is 1.26. The van der Waals surface area contributed by atoms with Crippen LogP contribution in [0.4, 0.5) is 0 Å². The molecule has 27 heavy (non-hydrogen) atoms. The normalized spacial score (nSPS) is 24.3. The Hall–Kier alpha value is -1.45. The number of hydrogen-bond acceptors (Lipinski definition) is 4. The second-order valence-corrected chi connectivity index (χ2v) is 9.46. The Morgan fingerprint density at radius 1 is 0.963 bits per heavy atom. The standard InChI is InChI=1S/C19H25N3O4S/c23-27(24,22-10-13-25-14-11-22)21-8-6-19(7-9-21)18-16(5-12-26-19)15-3-1-2-4-17(15)20-18/h1-4,20H,5-14H2. The van der Waals surface area contributed by atoms with Crippen molar-refractivity contribution in [3.8, 4) is 0 Å². The molecule has 0 bridgehead atoms. The first-order valence-electron chi connectivity index (χ1n) is 9.67. The third-order valence-electron chi connectivity index (χ3n) is 6.15. The van der Waals surface area contributed by atoms with Crippen molar-refractivity contribution in [2.45, 2.75) is 24.9 Å². The molecule has 8 heteroatoms. The van der Waals surface area contributed by atoms with Crippen LogP contribution in [0.25, 0.3) is 10.9 Å². The Labute approximate surface area is 159 Å². The highest BCUT2D eigenvalue weighted by molar-refractivity contribution is 7.86. The van der Waals surface area contributed by atoms with Crippen LogP contribution in [0.2, 0.25) is 0 Å². The SMILES string of the molecule is O=S(=O)(N1CCOCC1)N1CCC2(CC1)OCCc1c2[nH]c2ccccc12. The molecule has 0 aliphatic carbocycles. The van der Waals surface area contributed by atoms with Crippen molar-refractivity contribution >= 4 is 21.1 Å². The second kappa shape index (κ2) is 6.56. The fourth-order valence-corrected chi connectivity index (χ4v) is 6.26. The maximum atomic E-state index is 12.9. The minimum atomic E-state index is -3.42. The van der Waals surface area contributed by atoms with Crippen LogP contribution in [-0.4, -0.2) is 68.0 Å². The number of benzene rings is 1. The lowest BCUT2D eigenvalue weighted by Crippen LogP contribution is -2.54. The van der Waals surface area contributed by atoms with Crippen LogP contribution in [0.3, 0.4) is 0 Å². The van der Waals surface area contributed by atoms with E-state index < -0.39 is 15.8 Å². The molecule has 1 spiro atoms. The monoisotopic (exact) mass is 391 g/mol. The van der Waals surface area contributed by atoms with E-state index >= 15 is 0 Å². The summed E-state index contributed by atoms with van der Waals surface area (Å²) in [6, 6.07) is 8.35. The molecule has 0 radical (unpaired) electrons. The fourth-order valence-electron chi connectivity index (χ4n) is 4.68. The molecule has 4 heterocycles. The number of aromatic nitrogens is 1. The summed E-state index contributed by atoms with van der Waals surface area (Å²) in [5.41, 5.74) is 3.22. The summed E-state index contributed by atoms with van der Waals surface area (Å²) in [7, 11) is -3.42. The van der Waals surface area contributed by atoms with E-state index in [2.05, 4.69) is 23.2 Å². The van der Waals surface area contributed by atoms with Crippen LogP contribution >= 0.6 is 0 Å². The van der Waals surface area contributed by atoms with Crippen LogP contribution in [0.1, 0.15) is 24.1 Å². The highest BCUT2D eigenvalue weighted by Crippen LogP contribution is 2.43. The van der Waals surface area contributed by atoms with Gasteiger partial charge in [-0.05, 0) is 30.9 Å². The molecular formula is C19H25N3O4S. The lowest BCUT2D eigenvalue weighted by Gasteiger charge is -2.44. The topological polar surface area (TPSA) is 74.9 Å². The number of aromatic amines is 1. The molecule has 2 saturated heterocycles. The number of piperidine rings is 1. The van der Waals surface area contributed by atoms with Gasteiger partial charge in [0, 0.05) is 37.1 Å². The van der Waals surface area contributed by atoms with E-state index in [0.29, 0.717) is 58.8 Å². The summed E-state index contributed by atoms with van der Waals surface area (Å²) in [6.07, 6.45) is 2.25. The van der Waals surface area contributed by atoms with Gasteiger partial charge in [-0.25, -0.2) is 0 Å². The average molecular weight is 391 g/mol. The van der Waals surface area contributed by atoms with E-state index in [1.807, 2.05) is 6.07 Å². The number of hydrogen-bond donors (Lipinski definition) is 1. The minimum Gasteiger partial charge on any atom is -0.379 e. The lowest BCUT2D eigenvalue weighted by molar-refractivity contribution is -0.0920. The molecule has 0 atom stereocenters. The highest BCUT2D eigenvalue weighted by atomic mass is 32.2. The molecule has 0 saturated carbocycles. The van der Waals surface area contributed by atoms with Crippen LogP contribution < -0.4 is 0 Å². The maximum Gasteiger partial charge on any atom is 0.282 e. The molecule has 1 N–H and O–H groups in total. The summed E-state index contributed by atoms with van der Waals surface area (Å²) in [6.45, 7) is 3.46. The van der Waals surface area contributed by atoms with Crippen molar-refractivity contribution in [1.29, 1.82) is 0 Å². The first-order chi connectivity index (χ1) is 13.1. The first kappa shape index (κ1) is 17.6. The molecule has 1 aromatic carbocycles. The van der Waals surface area contributed by atoms with Crippen molar-refractivity contribution < 1.29 is 17.9 Å². The van der Waals surface area contributed by atoms with Crippen LogP contribution in [-0.2, 0) is 31.7 Å². The van der Waals surface area contributed by atoms with Gasteiger partial charge in [0.25, 0.3) is 10.2 Å². The number of ether oxygens (including phenoxy) is 2. The lowest BCUT2D eigenvalue weighted by atomic mass is 9.84. The summed E-state index contributed by atoms with van der Waals surface area (Å²) >= 11 is 0. The quantitative estimate of drug-likeness (QED) is 0.844. The van der Waals surface area contributed by atoms with E-state index in [4.69, 9.17) is 9.47 Å². The molecule has 1 aromatic heterocycles. The van der Waals surface area contributed by atoms with Crippen LogP contribution in [0.5, 0.6) is 0 Å². The van der Waals surface area contributed by atoms with Gasteiger partial charge in [-0.3, -0.25) is 0 Å². The highest BCUT2D eigenvalue weighted by Gasteiger charge is 2.45. The number of morpholine rings is 1. The van der Waals surface area contributed by atoms with Gasteiger partial charge in [0.2, 0.25) is 0 Å². The van der Waals surface area contributed by atoms with Gasteiger partial charge >= 0.3 is 0 Å². The van der Waals surface area contributed by atoms with Gasteiger partial charge in [-0.1, -0.05) is 18.2 Å². The van der Waals surface area contributed by atoms with Gasteiger partial charge < -0.3 is 14.5 Å². The number of nitrogens with one attached hydrogen (secondary N) is 1. The molecule has 0 unspecified atom stereocenters. The molecule has 5 rings (SSSR count). The molecule has 2 aromatic rings. The molecule has 7 nitrogen and oxygen atoms in total. The average Bonchev–Trinajstić information content (AvgIpc) is 3.10. The number of H-pyrrole nitrogens is 1. The van der Waals surface area contributed by atoms with Gasteiger partial charge in [0.15, 0.2) is 0 Å². The molecule has 3 aliphatic rings. The third-order valence-corrected chi connectivity index (χ3v) is 8.19. The number of fused-ring (bicyclic) bond motifs is 4. The van der Waals surface area contributed by atoms with E-state index in [1.54, 1.807) is 8.61 Å². The van der Waals surface area contributed by atoms with Crippen LogP contribution in [0, 0.1) is 0 Å². The zero-order valence-corrected chi connectivity index (χ0v) is 16.1. The van der Waals surface area contributed by atoms with Crippen molar-refractivity contribution in [2.75, 3.05) is 46.0 Å². The molecule has 146 valence electrons. The molecule has 2 fully saturated rings.